The maximum absolute atomic E-state index is 11.6. The average Bonchev–Trinajstić information content (AvgIpc) is 2.86. The molecule has 3 rings (SSSR count). The van der Waals surface area contributed by atoms with E-state index < -0.39 is 0 Å². The van der Waals surface area contributed by atoms with Gasteiger partial charge in [0.2, 0.25) is 0 Å². The first-order valence-corrected chi connectivity index (χ1v) is 7.98. The number of carbonyl (C=O) groups excluding carboxylic acids is 1. The van der Waals surface area contributed by atoms with Crippen LogP contribution in [0.25, 0.3) is 0 Å². The summed E-state index contributed by atoms with van der Waals surface area (Å²) in [5, 5.41) is 0.902. The fourth-order valence-corrected chi connectivity index (χ4v) is 4.80. The highest BCUT2D eigenvalue weighted by atomic mass is 32.2. The number of aldehydes is 1. The number of hydrogen-bond acceptors (Lipinski definition) is 5. The van der Waals surface area contributed by atoms with E-state index in [1.807, 2.05) is 24.3 Å². The molecule has 0 amide bonds. The summed E-state index contributed by atoms with van der Waals surface area (Å²) in [6, 6.07) is 7.69. The molecule has 2 aromatic rings. The first-order valence-electron chi connectivity index (χ1n) is 6.18. The molecule has 0 saturated carbocycles. The summed E-state index contributed by atoms with van der Waals surface area (Å²) in [5.41, 5.74) is 1.04. The molecule has 1 aliphatic rings. The van der Waals surface area contributed by atoms with Crippen LogP contribution in [0.15, 0.2) is 34.1 Å². The van der Waals surface area contributed by atoms with Crippen molar-refractivity contribution in [2.75, 3.05) is 12.9 Å². The van der Waals surface area contributed by atoms with Crippen molar-refractivity contribution in [1.82, 2.24) is 4.98 Å². The summed E-state index contributed by atoms with van der Waals surface area (Å²) >= 11 is 2.75. The number of benzene rings is 1. The van der Waals surface area contributed by atoms with Gasteiger partial charge >= 0.3 is 4.87 Å². The lowest BCUT2D eigenvalue weighted by Gasteiger charge is -2.27. The Morgan fingerprint density at radius 3 is 2.75 bits per heavy atom. The molecule has 0 unspecified atom stereocenters. The highest BCUT2D eigenvalue weighted by molar-refractivity contribution is 7.99. The van der Waals surface area contributed by atoms with Crippen molar-refractivity contribution in [1.29, 1.82) is 0 Å². The normalized spacial score (nSPS) is 21.2. The average molecular weight is 307 g/mol. The zero-order valence-electron chi connectivity index (χ0n) is 10.8. The van der Waals surface area contributed by atoms with Crippen LogP contribution in [0.5, 0.6) is 5.75 Å². The SMILES string of the molecule is COc1ccc([C@@H]2c3sc(=O)[nH]c3SC[C@@H]2C=O)cc1. The monoisotopic (exact) mass is 307 g/mol. The number of ether oxygens (including phenoxy) is 1. The van der Waals surface area contributed by atoms with Gasteiger partial charge in [-0.3, -0.25) is 4.79 Å². The number of thiazole rings is 1. The Bertz CT molecular complexity index is 674. The fraction of sp³-hybridized carbons (Fsp3) is 0.286. The van der Waals surface area contributed by atoms with Crippen LogP contribution >= 0.6 is 23.1 Å². The second kappa shape index (κ2) is 5.46. The second-order valence-electron chi connectivity index (χ2n) is 4.57. The van der Waals surface area contributed by atoms with Crippen LogP contribution in [-0.2, 0) is 4.79 Å². The Morgan fingerprint density at radius 1 is 1.35 bits per heavy atom. The Balaban J connectivity index is 2.07. The van der Waals surface area contributed by atoms with Crippen LogP contribution in [-0.4, -0.2) is 24.1 Å². The first kappa shape index (κ1) is 13.5. The van der Waals surface area contributed by atoms with Crippen LogP contribution in [0.2, 0.25) is 0 Å². The van der Waals surface area contributed by atoms with Crippen LogP contribution in [0, 0.1) is 5.92 Å². The molecule has 0 aliphatic carbocycles. The molecular formula is C14H13NO3S2. The summed E-state index contributed by atoms with van der Waals surface area (Å²) < 4.78 is 5.16. The van der Waals surface area contributed by atoms with Gasteiger partial charge in [0.05, 0.1) is 12.1 Å². The Morgan fingerprint density at radius 2 is 2.10 bits per heavy atom. The van der Waals surface area contributed by atoms with E-state index in [1.165, 1.54) is 11.3 Å². The molecule has 20 heavy (non-hydrogen) atoms. The van der Waals surface area contributed by atoms with E-state index in [-0.39, 0.29) is 16.7 Å². The molecule has 1 N–H and O–H groups in total. The van der Waals surface area contributed by atoms with Gasteiger partial charge in [0, 0.05) is 22.5 Å². The van der Waals surface area contributed by atoms with Gasteiger partial charge in [-0.05, 0) is 17.7 Å². The largest absolute Gasteiger partial charge is 0.497 e. The molecule has 0 bridgehead atoms. The van der Waals surface area contributed by atoms with Gasteiger partial charge in [0.15, 0.2) is 0 Å². The molecule has 104 valence electrons. The van der Waals surface area contributed by atoms with Gasteiger partial charge in [0.1, 0.15) is 12.0 Å². The molecular weight excluding hydrogens is 294 g/mol. The molecule has 1 aromatic heterocycles. The smallest absolute Gasteiger partial charge is 0.305 e. The number of carbonyl (C=O) groups is 1. The number of nitrogens with one attached hydrogen (secondary N) is 1. The van der Waals surface area contributed by atoms with Gasteiger partial charge in [0.25, 0.3) is 0 Å². The highest BCUT2D eigenvalue weighted by Gasteiger charge is 2.33. The molecule has 0 fully saturated rings. The van der Waals surface area contributed by atoms with E-state index in [2.05, 4.69) is 4.98 Å². The third kappa shape index (κ3) is 2.29. The topological polar surface area (TPSA) is 59.2 Å². The van der Waals surface area contributed by atoms with Gasteiger partial charge in [-0.1, -0.05) is 23.5 Å². The molecule has 2 heterocycles. The minimum atomic E-state index is -0.104. The number of hydrogen-bond donors (Lipinski definition) is 1. The van der Waals surface area contributed by atoms with Crippen LogP contribution < -0.4 is 9.61 Å². The van der Waals surface area contributed by atoms with Crippen LogP contribution in [0.4, 0.5) is 0 Å². The first-order chi connectivity index (χ1) is 9.72. The van der Waals surface area contributed by atoms with Gasteiger partial charge < -0.3 is 14.5 Å². The van der Waals surface area contributed by atoms with Crippen molar-refractivity contribution in [3.05, 3.63) is 44.4 Å². The third-order valence-corrected chi connectivity index (χ3v) is 5.68. The number of methoxy groups -OCH3 is 1. The van der Waals surface area contributed by atoms with E-state index in [1.54, 1.807) is 18.9 Å². The fourth-order valence-electron chi connectivity index (χ4n) is 2.44. The van der Waals surface area contributed by atoms with E-state index in [9.17, 15) is 9.59 Å². The summed E-state index contributed by atoms with van der Waals surface area (Å²) in [6.45, 7) is 0. The maximum Gasteiger partial charge on any atom is 0.305 e. The minimum Gasteiger partial charge on any atom is -0.497 e. The summed E-state index contributed by atoms with van der Waals surface area (Å²) in [5.74, 6) is 1.33. The number of aromatic amines is 1. The lowest BCUT2D eigenvalue weighted by atomic mass is 9.86. The van der Waals surface area contributed by atoms with Gasteiger partial charge in [-0.25, -0.2) is 0 Å². The highest BCUT2D eigenvalue weighted by Crippen LogP contribution is 2.44. The minimum absolute atomic E-state index is 0.0430. The zero-order valence-corrected chi connectivity index (χ0v) is 12.4. The third-order valence-electron chi connectivity index (χ3n) is 3.42. The van der Waals surface area contributed by atoms with Crippen molar-refractivity contribution < 1.29 is 9.53 Å². The Kier molecular flexibility index (Phi) is 3.67. The number of H-pyrrole nitrogens is 1. The predicted octanol–water partition coefficient (Wildman–Crippen LogP) is 2.50. The van der Waals surface area contributed by atoms with E-state index in [0.29, 0.717) is 5.75 Å². The number of thioether (sulfide) groups is 1. The molecule has 1 aliphatic heterocycles. The van der Waals surface area contributed by atoms with Gasteiger partial charge in [-0.2, -0.15) is 0 Å². The lowest BCUT2D eigenvalue weighted by Crippen LogP contribution is -2.21. The van der Waals surface area contributed by atoms with Crippen molar-refractivity contribution >= 4 is 29.4 Å². The molecule has 1 aromatic carbocycles. The number of fused-ring (bicyclic) bond motifs is 1. The Labute approximate surface area is 124 Å². The molecule has 0 saturated heterocycles. The van der Waals surface area contributed by atoms with Crippen molar-refractivity contribution in [3.63, 3.8) is 0 Å². The van der Waals surface area contributed by atoms with E-state index in [4.69, 9.17) is 4.74 Å². The quantitative estimate of drug-likeness (QED) is 0.885. The summed E-state index contributed by atoms with van der Waals surface area (Å²) in [4.78, 5) is 26.7. The van der Waals surface area contributed by atoms with Gasteiger partial charge in [-0.15, -0.1) is 11.8 Å². The molecule has 0 radical (unpaired) electrons. The molecule has 0 spiro atoms. The molecule has 4 nitrogen and oxygen atoms in total. The van der Waals surface area contributed by atoms with Crippen molar-refractivity contribution in [3.8, 4) is 5.75 Å². The molecule has 6 heteroatoms. The van der Waals surface area contributed by atoms with E-state index >= 15 is 0 Å². The molecule has 2 atom stereocenters. The summed E-state index contributed by atoms with van der Waals surface area (Å²) in [6.07, 6.45) is 0.995. The second-order valence-corrected chi connectivity index (χ2v) is 6.61. The summed E-state index contributed by atoms with van der Waals surface area (Å²) in [7, 11) is 1.62. The van der Waals surface area contributed by atoms with Crippen molar-refractivity contribution in [2.45, 2.75) is 10.9 Å². The van der Waals surface area contributed by atoms with E-state index in [0.717, 1.165) is 27.5 Å². The lowest BCUT2D eigenvalue weighted by molar-refractivity contribution is -0.110. The number of aromatic nitrogens is 1. The van der Waals surface area contributed by atoms with Crippen LogP contribution in [0.1, 0.15) is 16.4 Å². The number of rotatable bonds is 3. The maximum atomic E-state index is 11.6. The van der Waals surface area contributed by atoms with Crippen molar-refractivity contribution in [2.24, 2.45) is 5.92 Å². The standard InChI is InChI=1S/C14H13NO3S2/c1-18-10-4-2-8(3-5-10)11-9(6-16)7-19-13-12(11)20-14(17)15-13/h2-6,9,11H,7H2,1H3,(H,15,17)/t9-,11-/m0/s1. The Hall–Kier alpha value is -1.53. The predicted molar refractivity (Wildman–Crippen MR) is 80.1 cm³/mol. The van der Waals surface area contributed by atoms with Crippen LogP contribution in [0.3, 0.4) is 0 Å². The zero-order chi connectivity index (χ0) is 14.1.